The van der Waals surface area contributed by atoms with Crippen LogP contribution in [0.15, 0.2) is 48.5 Å². The molecule has 22 heavy (non-hydrogen) atoms. The van der Waals surface area contributed by atoms with Crippen LogP contribution in [0.2, 0.25) is 0 Å². The predicted molar refractivity (Wildman–Crippen MR) is 92.2 cm³/mol. The van der Waals surface area contributed by atoms with Gasteiger partial charge in [-0.25, -0.2) is 12.7 Å². The molecule has 0 amide bonds. The molecule has 3 rings (SSSR count). The molecule has 0 unspecified atom stereocenters. The number of nitrogens with zero attached hydrogens (tertiary/aromatic N) is 1. The zero-order chi connectivity index (χ0) is 15.4. The highest BCUT2D eigenvalue weighted by Gasteiger charge is 2.22. The smallest absolute Gasteiger partial charge is 0.212 e. The van der Waals surface area contributed by atoms with E-state index in [1.165, 1.54) is 10.8 Å². The third kappa shape index (κ3) is 3.57. The zero-order valence-corrected chi connectivity index (χ0v) is 13.4. The van der Waals surface area contributed by atoms with Gasteiger partial charge in [-0.15, -0.1) is 0 Å². The fourth-order valence-electron chi connectivity index (χ4n) is 2.87. The van der Waals surface area contributed by atoms with E-state index in [0.717, 1.165) is 24.8 Å². The van der Waals surface area contributed by atoms with Gasteiger partial charge >= 0.3 is 0 Å². The van der Waals surface area contributed by atoms with E-state index in [9.17, 15) is 8.42 Å². The second-order valence-corrected chi connectivity index (χ2v) is 7.76. The molecule has 0 aliphatic carbocycles. The van der Waals surface area contributed by atoms with Crippen molar-refractivity contribution in [1.29, 1.82) is 0 Å². The number of rotatable bonds is 4. The minimum atomic E-state index is -3.15. The third-order valence-corrected chi connectivity index (χ3v) is 5.86. The van der Waals surface area contributed by atoms with Crippen molar-refractivity contribution in [1.82, 2.24) is 4.31 Å². The molecule has 116 valence electrons. The molecule has 0 atom stereocenters. The summed E-state index contributed by atoms with van der Waals surface area (Å²) in [5.41, 5.74) is 1.03. The quantitative estimate of drug-likeness (QED) is 0.863. The van der Waals surface area contributed by atoms with Gasteiger partial charge in [0, 0.05) is 13.1 Å². The van der Waals surface area contributed by atoms with Crippen molar-refractivity contribution in [3.63, 3.8) is 0 Å². The molecule has 1 saturated heterocycles. The average Bonchev–Trinajstić information content (AvgIpc) is 2.55. The number of piperidine rings is 1. The summed E-state index contributed by atoms with van der Waals surface area (Å²) < 4.78 is 26.2. The molecule has 2 aromatic carbocycles. The van der Waals surface area contributed by atoms with Gasteiger partial charge in [-0.3, -0.25) is 0 Å². The Labute approximate surface area is 132 Å². The zero-order valence-electron chi connectivity index (χ0n) is 12.6. The first kappa shape index (κ1) is 15.3. The van der Waals surface area contributed by atoms with E-state index in [-0.39, 0.29) is 5.75 Å². The molecule has 0 bridgehead atoms. The van der Waals surface area contributed by atoms with Gasteiger partial charge in [0.25, 0.3) is 0 Å². The third-order valence-electron chi connectivity index (χ3n) is 4.10. The van der Waals surface area contributed by atoms with Gasteiger partial charge in [-0.05, 0) is 35.2 Å². The number of hydrogen-bond acceptors (Lipinski definition) is 2. The van der Waals surface area contributed by atoms with E-state index in [0.29, 0.717) is 13.1 Å². The molecule has 1 heterocycles. The van der Waals surface area contributed by atoms with Crippen LogP contribution in [0.25, 0.3) is 16.8 Å². The normalized spacial score (nSPS) is 17.3. The molecule has 1 aliphatic heterocycles. The summed E-state index contributed by atoms with van der Waals surface area (Å²) in [7, 11) is -3.15. The van der Waals surface area contributed by atoms with Crippen LogP contribution in [-0.4, -0.2) is 31.6 Å². The summed E-state index contributed by atoms with van der Waals surface area (Å²) in [6.45, 7) is 1.35. The maximum atomic E-state index is 12.3. The maximum Gasteiger partial charge on any atom is 0.217 e. The summed E-state index contributed by atoms with van der Waals surface area (Å²) in [4.78, 5) is 0. The second kappa shape index (κ2) is 6.63. The van der Waals surface area contributed by atoms with Crippen molar-refractivity contribution < 1.29 is 8.42 Å². The fourth-order valence-corrected chi connectivity index (χ4v) is 4.23. The monoisotopic (exact) mass is 315 g/mol. The Hall–Kier alpha value is -1.65. The van der Waals surface area contributed by atoms with Crippen molar-refractivity contribution >= 4 is 26.9 Å². The summed E-state index contributed by atoms with van der Waals surface area (Å²) >= 11 is 0. The molecule has 3 nitrogen and oxygen atoms in total. The first-order valence-electron chi connectivity index (χ1n) is 7.78. The Morgan fingerprint density at radius 3 is 2.45 bits per heavy atom. The van der Waals surface area contributed by atoms with Gasteiger partial charge < -0.3 is 0 Å². The van der Waals surface area contributed by atoms with Crippen molar-refractivity contribution in [2.45, 2.75) is 19.3 Å². The van der Waals surface area contributed by atoms with Crippen LogP contribution in [0.3, 0.4) is 0 Å². The SMILES string of the molecule is O=S(=O)(CC=Cc1ccc2ccccc2c1)N1CCCCC1. The minimum absolute atomic E-state index is 0.0832. The lowest BCUT2D eigenvalue weighted by molar-refractivity contribution is 0.348. The van der Waals surface area contributed by atoms with Crippen LogP contribution in [0.5, 0.6) is 0 Å². The van der Waals surface area contributed by atoms with Gasteiger partial charge in [-0.1, -0.05) is 55.0 Å². The van der Waals surface area contributed by atoms with Gasteiger partial charge in [0.05, 0.1) is 5.75 Å². The first-order valence-corrected chi connectivity index (χ1v) is 9.39. The van der Waals surface area contributed by atoms with Crippen molar-refractivity contribution in [2.24, 2.45) is 0 Å². The van der Waals surface area contributed by atoms with Crippen LogP contribution < -0.4 is 0 Å². The number of hydrogen-bond donors (Lipinski definition) is 0. The first-order chi connectivity index (χ1) is 10.6. The van der Waals surface area contributed by atoms with Crippen LogP contribution in [-0.2, 0) is 10.0 Å². The highest BCUT2D eigenvalue weighted by Crippen LogP contribution is 2.17. The van der Waals surface area contributed by atoms with Gasteiger partial charge in [0.15, 0.2) is 0 Å². The van der Waals surface area contributed by atoms with E-state index >= 15 is 0 Å². The molecular formula is C18H21NO2S. The van der Waals surface area contributed by atoms with Gasteiger partial charge in [0.2, 0.25) is 10.0 Å². The van der Waals surface area contributed by atoms with Crippen molar-refractivity contribution in [2.75, 3.05) is 18.8 Å². The lowest BCUT2D eigenvalue weighted by Gasteiger charge is -2.25. The van der Waals surface area contributed by atoms with E-state index in [4.69, 9.17) is 0 Å². The second-order valence-electron chi connectivity index (χ2n) is 5.75. The molecular weight excluding hydrogens is 294 g/mol. The van der Waals surface area contributed by atoms with E-state index < -0.39 is 10.0 Å². The largest absolute Gasteiger partial charge is 0.217 e. The van der Waals surface area contributed by atoms with Crippen molar-refractivity contribution in [3.8, 4) is 0 Å². The Balaban J connectivity index is 1.70. The molecule has 1 aliphatic rings. The minimum Gasteiger partial charge on any atom is -0.212 e. The Morgan fingerprint density at radius 2 is 1.68 bits per heavy atom. The fraction of sp³-hybridized carbons (Fsp3) is 0.333. The lowest BCUT2D eigenvalue weighted by atomic mass is 10.1. The molecule has 4 heteroatoms. The molecule has 0 aromatic heterocycles. The Bertz CT molecular complexity index is 775. The Morgan fingerprint density at radius 1 is 0.955 bits per heavy atom. The molecule has 0 saturated carbocycles. The number of sulfonamides is 1. The summed E-state index contributed by atoms with van der Waals surface area (Å²) in [6, 6.07) is 14.3. The molecule has 2 aromatic rings. The van der Waals surface area contributed by atoms with Crippen LogP contribution >= 0.6 is 0 Å². The van der Waals surface area contributed by atoms with E-state index in [1.807, 2.05) is 24.3 Å². The number of fused-ring (bicyclic) bond motifs is 1. The summed E-state index contributed by atoms with van der Waals surface area (Å²) in [5, 5.41) is 2.36. The van der Waals surface area contributed by atoms with Crippen LogP contribution in [0.4, 0.5) is 0 Å². The average molecular weight is 315 g/mol. The van der Waals surface area contributed by atoms with Crippen LogP contribution in [0, 0.1) is 0 Å². The van der Waals surface area contributed by atoms with Crippen molar-refractivity contribution in [3.05, 3.63) is 54.1 Å². The Kier molecular flexibility index (Phi) is 4.60. The highest BCUT2D eigenvalue weighted by atomic mass is 32.2. The van der Waals surface area contributed by atoms with Crippen LogP contribution in [0.1, 0.15) is 24.8 Å². The predicted octanol–water partition coefficient (Wildman–Crippen LogP) is 3.67. The van der Waals surface area contributed by atoms with Gasteiger partial charge in [-0.2, -0.15) is 0 Å². The lowest BCUT2D eigenvalue weighted by Crippen LogP contribution is -2.36. The standard InChI is InChI=1S/C18H21NO2S/c20-22(21,19-12-4-1-5-13-19)14-6-7-16-10-11-17-8-2-3-9-18(17)15-16/h2-3,6-11,15H,1,4-5,12-14H2. The molecule has 1 fully saturated rings. The summed E-state index contributed by atoms with van der Waals surface area (Å²) in [6.07, 6.45) is 6.75. The van der Waals surface area contributed by atoms with E-state index in [2.05, 4.69) is 24.3 Å². The van der Waals surface area contributed by atoms with E-state index in [1.54, 1.807) is 10.4 Å². The molecule has 0 radical (unpaired) electrons. The molecule has 0 N–H and O–H groups in total. The number of benzene rings is 2. The summed E-state index contributed by atoms with van der Waals surface area (Å²) in [5.74, 6) is 0.0832. The maximum absolute atomic E-state index is 12.3. The topological polar surface area (TPSA) is 37.4 Å². The van der Waals surface area contributed by atoms with Gasteiger partial charge in [0.1, 0.15) is 0 Å². The molecule has 0 spiro atoms. The highest BCUT2D eigenvalue weighted by molar-refractivity contribution is 7.89.